The molecular weight excluding hydrogens is 605 g/mol. The zero-order valence-corrected chi connectivity index (χ0v) is 25.7. The topological polar surface area (TPSA) is 120 Å². The van der Waals surface area contributed by atoms with Crippen LogP contribution < -0.4 is 5.32 Å². The van der Waals surface area contributed by atoms with E-state index in [1.807, 2.05) is 18.2 Å². The highest BCUT2D eigenvalue weighted by atomic mass is 35.5. The summed E-state index contributed by atoms with van der Waals surface area (Å²) in [5, 5.41) is 24.9. The zero-order valence-electron chi connectivity index (χ0n) is 22.6. The fraction of sp³-hybridized carbons (Fsp3) is 0.500. The van der Waals surface area contributed by atoms with E-state index in [0.29, 0.717) is 49.1 Å². The van der Waals surface area contributed by atoms with Crippen LogP contribution in [0.1, 0.15) is 49.7 Å². The molecule has 1 N–H and O–H groups in total. The number of fused-ring (bicyclic) bond motifs is 1. The summed E-state index contributed by atoms with van der Waals surface area (Å²) in [6.45, 7) is 1.54. The van der Waals surface area contributed by atoms with E-state index in [1.54, 1.807) is 0 Å². The molecule has 0 radical (unpaired) electrons. The third-order valence-corrected chi connectivity index (χ3v) is 11.3. The van der Waals surface area contributed by atoms with E-state index in [2.05, 4.69) is 22.4 Å². The molecule has 13 heteroatoms. The van der Waals surface area contributed by atoms with Crippen molar-refractivity contribution in [1.82, 2.24) is 9.21 Å². The number of thiocarbonyl (C=S) groups is 1. The third-order valence-electron chi connectivity index (χ3n) is 8.95. The number of anilines is 1. The summed E-state index contributed by atoms with van der Waals surface area (Å²) in [5.74, 6) is 0.668. The second kappa shape index (κ2) is 11.7. The maximum atomic E-state index is 12.0. The van der Waals surface area contributed by atoms with Crippen LogP contribution in [0.4, 0.5) is 11.4 Å². The first-order valence-electron chi connectivity index (χ1n) is 13.6. The minimum Gasteiger partial charge on any atom is -0.346 e. The van der Waals surface area contributed by atoms with Gasteiger partial charge in [-0.15, -0.1) is 0 Å². The molecule has 3 atom stereocenters. The fourth-order valence-corrected chi connectivity index (χ4v) is 8.15. The van der Waals surface area contributed by atoms with Gasteiger partial charge in [-0.1, -0.05) is 35.3 Å². The van der Waals surface area contributed by atoms with Crippen molar-refractivity contribution < 1.29 is 13.3 Å². The van der Waals surface area contributed by atoms with Gasteiger partial charge in [0.25, 0.3) is 5.69 Å². The molecule has 1 heterocycles. The molecule has 1 saturated heterocycles. The van der Waals surface area contributed by atoms with E-state index in [1.165, 1.54) is 28.3 Å². The van der Waals surface area contributed by atoms with Gasteiger partial charge in [0.15, 0.2) is 5.11 Å². The Morgan fingerprint density at radius 3 is 2.59 bits per heavy atom. The zero-order chi connectivity index (χ0) is 29.5. The second-order valence-electron chi connectivity index (χ2n) is 11.4. The van der Waals surface area contributed by atoms with Gasteiger partial charge in [-0.3, -0.25) is 10.1 Å². The molecule has 2 aromatic carbocycles. The minimum atomic E-state index is -3.24. The summed E-state index contributed by atoms with van der Waals surface area (Å²) >= 11 is 18.1. The Balaban J connectivity index is 1.36. The summed E-state index contributed by atoms with van der Waals surface area (Å²) in [4.78, 5) is 13.4. The molecule has 5 rings (SSSR count). The molecule has 0 bridgehead atoms. The van der Waals surface area contributed by atoms with Crippen molar-refractivity contribution in [3.63, 3.8) is 0 Å². The maximum absolute atomic E-state index is 12.0. The number of hydrogen-bond acceptors (Lipinski definition) is 6. The fourth-order valence-electron chi connectivity index (χ4n) is 6.62. The molecule has 2 aromatic rings. The number of nitrogens with zero attached hydrogens (tertiary/aromatic N) is 4. The van der Waals surface area contributed by atoms with Crippen LogP contribution in [-0.2, 0) is 15.4 Å². The van der Waals surface area contributed by atoms with Crippen molar-refractivity contribution in [2.24, 2.45) is 11.8 Å². The van der Waals surface area contributed by atoms with Crippen molar-refractivity contribution in [2.75, 3.05) is 31.2 Å². The normalized spacial score (nSPS) is 24.6. The number of nitro groups is 1. The summed E-state index contributed by atoms with van der Waals surface area (Å²) < 4.78 is 25.6. The molecule has 0 aromatic heterocycles. The lowest BCUT2D eigenvalue weighted by Crippen LogP contribution is -2.49. The van der Waals surface area contributed by atoms with Gasteiger partial charge in [0.05, 0.1) is 32.9 Å². The van der Waals surface area contributed by atoms with E-state index < -0.39 is 14.9 Å². The van der Waals surface area contributed by atoms with E-state index >= 15 is 0 Å². The summed E-state index contributed by atoms with van der Waals surface area (Å²) in [5.41, 5.74) is 1.92. The molecule has 41 heavy (non-hydrogen) atoms. The summed E-state index contributed by atoms with van der Waals surface area (Å²) in [6, 6.07) is 12.9. The van der Waals surface area contributed by atoms with Crippen LogP contribution in [-0.4, -0.2) is 59.6 Å². The number of benzene rings is 2. The highest BCUT2D eigenvalue weighted by molar-refractivity contribution is 7.88. The molecule has 0 spiro atoms. The summed E-state index contributed by atoms with van der Waals surface area (Å²) in [7, 11) is -3.24. The van der Waals surface area contributed by atoms with Crippen LogP contribution in [0, 0.1) is 33.3 Å². The largest absolute Gasteiger partial charge is 0.346 e. The Morgan fingerprint density at radius 2 is 1.95 bits per heavy atom. The van der Waals surface area contributed by atoms with Crippen molar-refractivity contribution in [1.29, 1.82) is 5.26 Å². The molecule has 0 amide bonds. The first-order valence-corrected chi connectivity index (χ1v) is 16.6. The van der Waals surface area contributed by atoms with Gasteiger partial charge >= 0.3 is 0 Å². The average molecular weight is 637 g/mol. The standard InChI is InChI=1S/C28H31Cl2N5O4S2/c1-41(38,39)33-9-6-18(7-10-33)17-34(27(40)32-25-13-23(29)24(30)14-26(25)35(36)37)22-5-8-28(15-21(28)12-22)20-4-2-3-19(11-20)16-31/h2-4,11,13-14,18,21-22H,5-10,12,15,17H2,1H3,(H,32,40)/t21?,22-,28-/m1/s1. The lowest BCUT2D eigenvalue weighted by Gasteiger charge is -2.41. The van der Waals surface area contributed by atoms with Crippen LogP contribution in [0.15, 0.2) is 36.4 Å². The van der Waals surface area contributed by atoms with Gasteiger partial charge in [-0.25, -0.2) is 12.7 Å². The molecule has 3 aliphatic rings. The van der Waals surface area contributed by atoms with Crippen LogP contribution in [0.25, 0.3) is 0 Å². The van der Waals surface area contributed by atoms with Gasteiger partial charge in [0.2, 0.25) is 10.0 Å². The highest BCUT2D eigenvalue weighted by Gasteiger charge is 2.58. The second-order valence-corrected chi connectivity index (χ2v) is 14.6. The predicted octanol–water partition coefficient (Wildman–Crippen LogP) is 5.95. The van der Waals surface area contributed by atoms with Gasteiger partial charge in [0.1, 0.15) is 5.69 Å². The smallest absolute Gasteiger partial charge is 0.294 e. The first-order chi connectivity index (χ1) is 19.4. The Labute approximate surface area is 255 Å². The predicted molar refractivity (Wildman–Crippen MR) is 164 cm³/mol. The summed E-state index contributed by atoms with van der Waals surface area (Å²) in [6.07, 6.45) is 6.44. The molecule has 2 saturated carbocycles. The number of rotatable bonds is 7. The van der Waals surface area contributed by atoms with E-state index in [-0.39, 0.29) is 38.8 Å². The molecule has 218 valence electrons. The molecule has 3 fully saturated rings. The highest BCUT2D eigenvalue weighted by Crippen LogP contribution is 2.63. The number of halogens is 2. The Morgan fingerprint density at radius 1 is 1.24 bits per heavy atom. The molecule has 1 aliphatic heterocycles. The van der Waals surface area contributed by atoms with Gasteiger partial charge in [-0.2, -0.15) is 5.26 Å². The molecule has 2 aliphatic carbocycles. The van der Waals surface area contributed by atoms with Crippen molar-refractivity contribution in [2.45, 2.75) is 50.0 Å². The maximum Gasteiger partial charge on any atom is 0.294 e. The minimum absolute atomic E-state index is 0.0768. The van der Waals surface area contributed by atoms with Crippen LogP contribution >= 0.6 is 35.4 Å². The molecule has 9 nitrogen and oxygen atoms in total. The third kappa shape index (κ3) is 6.32. The van der Waals surface area contributed by atoms with Gasteiger partial charge in [-0.05, 0) is 91.8 Å². The lowest BCUT2D eigenvalue weighted by atomic mass is 9.79. The Kier molecular flexibility index (Phi) is 8.52. The number of nitro benzene ring substituents is 1. The number of piperidine rings is 1. The number of nitriles is 1. The van der Waals surface area contributed by atoms with E-state index in [0.717, 1.165) is 25.7 Å². The van der Waals surface area contributed by atoms with Crippen molar-refractivity contribution in [3.8, 4) is 6.07 Å². The first kappa shape index (κ1) is 30.0. The van der Waals surface area contributed by atoms with E-state index in [4.69, 9.17) is 35.4 Å². The van der Waals surface area contributed by atoms with E-state index in [9.17, 15) is 23.8 Å². The number of hydrogen-bond donors (Lipinski definition) is 1. The van der Waals surface area contributed by atoms with Crippen LogP contribution in [0.5, 0.6) is 0 Å². The Hall–Kier alpha value is -2.49. The monoisotopic (exact) mass is 635 g/mol. The quantitative estimate of drug-likeness (QED) is 0.225. The molecule has 1 unspecified atom stereocenters. The SMILES string of the molecule is CS(=O)(=O)N1CCC(CN(C(=S)Nc2cc(Cl)c(Cl)cc2[N+](=O)[O-])[C@@H]2CC[C@]3(c4cccc(C#N)c4)CC3C2)CC1. The average Bonchev–Trinajstić information content (AvgIpc) is 3.68. The Bertz CT molecular complexity index is 1520. The van der Waals surface area contributed by atoms with Crippen LogP contribution in [0.2, 0.25) is 10.0 Å². The molecular formula is C28H31Cl2N5O4S2. The number of sulfonamides is 1. The van der Waals surface area contributed by atoms with Gasteiger partial charge < -0.3 is 10.2 Å². The lowest BCUT2D eigenvalue weighted by molar-refractivity contribution is -0.383. The van der Waals surface area contributed by atoms with Crippen molar-refractivity contribution in [3.05, 3.63) is 67.7 Å². The van der Waals surface area contributed by atoms with Crippen molar-refractivity contribution >= 4 is 61.9 Å². The number of nitrogens with one attached hydrogen (secondary N) is 1. The van der Waals surface area contributed by atoms with Gasteiger partial charge in [0, 0.05) is 31.7 Å². The van der Waals surface area contributed by atoms with Crippen LogP contribution in [0.3, 0.4) is 0 Å².